The van der Waals surface area contributed by atoms with Gasteiger partial charge < -0.3 is 10.6 Å². The van der Waals surface area contributed by atoms with E-state index in [0.29, 0.717) is 12.5 Å². The number of hydrogen-bond acceptors (Lipinski definition) is 2. The largest absolute Gasteiger partial charge is 0.326 e. The van der Waals surface area contributed by atoms with Crippen LogP contribution in [0.2, 0.25) is 0 Å². The van der Waals surface area contributed by atoms with Crippen LogP contribution in [0.15, 0.2) is 18.2 Å². The normalized spacial score (nSPS) is 15.4. The predicted molar refractivity (Wildman–Crippen MR) is 88.6 cm³/mol. The Hall–Kier alpha value is -1.35. The Bertz CT molecular complexity index is 470. The predicted octanol–water partition coefficient (Wildman–Crippen LogP) is 4.19. The summed E-state index contributed by atoms with van der Waals surface area (Å²) in [4.78, 5) is 11.4. The summed E-state index contributed by atoms with van der Waals surface area (Å²) in [6.45, 7) is 5.41. The molecule has 1 heterocycles. The lowest BCUT2D eigenvalue weighted by Gasteiger charge is -2.22. The standard InChI is InChI=1S/C18H28N2O/c1-3-5-6-7-8-16(19-4-2)14-9-11-17-15(13-14)10-12-18(21)20-17/h9,11,13,16,19H,3-8,10,12H2,1-2H3,(H,20,21). The third-order valence-electron chi connectivity index (χ3n) is 4.22. The highest BCUT2D eigenvalue weighted by atomic mass is 16.1. The molecule has 1 aromatic carbocycles. The summed E-state index contributed by atoms with van der Waals surface area (Å²) in [5, 5.41) is 6.56. The van der Waals surface area contributed by atoms with Crippen molar-refractivity contribution in [3.63, 3.8) is 0 Å². The molecule has 2 rings (SSSR count). The van der Waals surface area contributed by atoms with Crippen LogP contribution in [0.4, 0.5) is 5.69 Å². The number of unbranched alkanes of at least 4 members (excludes halogenated alkanes) is 3. The van der Waals surface area contributed by atoms with Gasteiger partial charge in [-0.05, 0) is 36.6 Å². The first kappa shape index (κ1) is 16.0. The molecule has 21 heavy (non-hydrogen) atoms. The van der Waals surface area contributed by atoms with E-state index in [9.17, 15) is 4.79 Å². The second-order valence-corrected chi connectivity index (χ2v) is 5.92. The van der Waals surface area contributed by atoms with Crippen LogP contribution in [0.3, 0.4) is 0 Å². The zero-order chi connectivity index (χ0) is 15.1. The molecular formula is C18H28N2O. The zero-order valence-corrected chi connectivity index (χ0v) is 13.4. The molecule has 1 aliphatic rings. The minimum Gasteiger partial charge on any atom is -0.326 e. The Kier molecular flexibility index (Phi) is 6.24. The maximum absolute atomic E-state index is 11.4. The molecule has 0 aromatic heterocycles. The second-order valence-electron chi connectivity index (χ2n) is 5.92. The molecule has 116 valence electrons. The summed E-state index contributed by atoms with van der Waals surface area (Å²) in [7, 11) is 0. The van der Waals surface area contributed by atoms with E-state index in [1.807, 2.05) is 0 Å². The summed E-state index contributed by atoms with van der Waals surface area (Å²) >= 11 is 0. The van der Waals surface area contributed by atoms with Gasteiger partial charge in [-0.1, -0.05) is 51.7 Å². The van der Waals surface area contributed by atoms with Crippen molar-refractivity contribution < 1.29 is 4.79 Å². The molecule has 0 bridgehead atoms. The smallest absolute Gasteiger partial charge is 0.224 e. The molecule has 1 atom stereocenters. The first-order chi connectivity index (χ1) is 10.2. The third kappa shape index (κ3) is 4.57. The highest BCUT2D eigenvalue weighted by Gasteiger charge is 2.17. The number of carbonyl (C=O) groups is 1. The fraction of sp³-hybridized carbons (Fsp3) is 0.611. The fourth-order valence-corrected chi connectivity index (χ4v) is 3.03. The van der Waals surface area contributed by atoms with Gasteiger partial charge in [0, 0.05) is 18.2 Å². The Labute approximate surface area is 128 Å². The lowest BCUT2D eigenvalue weighted by atomic mass is 9.94. The van der Waals surface area contributed by atoms with Crippen LogP contribution < -0.4 is 10.6 Å². The van der Waals surface area contributed by atoms with Gasteiger partial charge in [-0.2, -0.15) is 0 Å². The first-order valence-corrected chi connectivity index (χ1v) is 8.40. The maximum Gasteiger partial charge on any atom is 0.224 e. The molecule has 0 saturated heterocycles. The van der Waals surface area contributed by atoms with Crippen molar-refractivity contribution in [3.05, 3.63) is 29.3 Å². The van der Waals surface area contributed by atoms with Gasteiger partial charge in [0.05, 0.1) is 0 Å². The quantitative estimate of drug-likeness (QED) is 0.704. The van der Waals surface area contributed by atoms with Gasteiger partial charge in [0.1, 0.15) is 0 Å². The highest BCUT2D eigenvalue weighted by Crippen LogP contribution is 2.28. The van der Waals surface area contributed by atoms with E-state index in [2.05, 4.69) is 42.7 Å². The van der Waals surface area contributed by atoms with Gasteiger partial charge in [0.2, 0.25) is 5.91 Å². The van der Waals surface area contributed by atoms with Gasteiger partial charge in [-0.3, -0.25) is 4.79 Å². The molecule has 0 aliphatic carbocycles. The lowest BCUT2D eigenvalue weighted by molar-refractivity contribution is -0.116. The molecule has 0 spiro atoms. The summed E-state index contributed by atoms with van der Waals surface area (Å²) in [6.07, 6.45) is 7.87. The number of hydrogen-bond donors (Lipinski definition) is 2. The van der Waals surface area contributed by atoms with Crippen molar-refractivity contribution in [2.75, 3.05) is 11.9 Å². The molecule has 0 radical (unpaired) electrons. The van der Waals surface area contributed by atoms with Crippen molar-refractivity contribution >= 4 is 11.6 Å². The van der Waals surface area contributed by atoms with Gasteiger partial charge in [-0.15, -0.1) is 0 Å². The average molecular weight is 288 g/mol. The Morgan fingerprint density at radius 3 is 2.81 bits per heavy atom. The van der Waals surface area contributed by atoms with Crippen LogP contribution in [0.5, 0.6) is 0 Å². The number of rotatable bonds is 8. The average Bonchev–Trinajstić information content (AvgIpc) is 2.50. The molecule has 1 unspecified atom stereocenters. The topological polar surface area (TPSA) is 41.1 Å². The minimum absolute atomic E-state index is 0.137. The number of amides is 1. The van der Waals surface area contributed by atoms with E-state index < -0.39 is 0 Å². The molecule has 3 nitrogen and oxygen atoms in total. The van der Waals surface area contributed by atoms with Crippen LogP contribution in [-0.2, 0) is 11.2 Å². The van der Waals surface area contributed by atoms with Crippen LogP contribution in [-0.4, -0.2) is 12.5 Å². The summed E-state index contributed by atoms with van der Waals surface area (Å²) in [5.41, 5.74) is 3.64. The van der Waals surface area contributed by atoms with Crippen LogP contribution >= 0.6 is 0 Å². The van der Waals surface area contributed by atoms with E-state index in [1.165, 1.54) is 43.2 Å². The van der Waals surface area contributed by atoms with Gasteiger partial charge in [0.25, 0.3) is 0 Å². The highest BCUT2D eigenvalue weighted by molar-refractivity contribution is 5.93. The van der Waals surface area contributed by atoms with Crippen molar-refractivity contribution in [2.24, 2.45) is 0 Å². The first-order valence-electron chi connectivity index (χ1n) is 8.40. The van der Waals surface area contributed by atoms with Crippen LogP contribution in [0.25, 0.3) is 0 Å². The Morgan fingerprint density at radius 1 is 1.19 bits per heavy atom. The van der Waals surface area contributed by atoms with Gasteiger partial charge in [0.15, 0.2) is 0 Å². The SMILES string of the molecule is CCCCCCC(NCC)c1ccc2c(c1)CCC(=O)N2. The molecule has 0 fully saturated rings. The summed E-state index contributed by atoms with van der Waals surface area (Å²) in [5.74, 6) is 0.137. The summed E-state index contributed by atoms with van der Waals surface area (Å²) < 4.78 is 0. The molecule has 1 amide bonds. The molecule has 1 aliphatic heterocycles. The van der Waals surface area contributed by atoms with Crippen molar-refractivity contribution in [2.45, 2.75) is 64.8 Å². The minimum atomic E-state index is 0.137. The van der Waals surface area contributed by atoms with E-state index in [1.54, 1.807) is 0 Å². The second kappa shape index (κ2) is 8.18. The van der Waals surface area contributed by atoms with E-state index >= 15 is 0 Å². The van der Waals surface area contributed by atoms with Crippen LogP contribution in [0, 0.1) is 0 Å². The number of anilines is 1. The zero-order valence-electron chi connectivity index (χ0n) is 13.4. The fourth-order valence-electron chi connectivity index (χ4n) is 3.03. The van der Waals surface area contributed by atoms with Crippen LogP contribution in [0.1, 0.15) is 69.5 Å². The van der Waals surface area contributed by atoms with Crippen molar-refractivity contribution in [1.82, 2.24) is 5.32 Å². The molecular weight excluding hydrogens is 260 g/mol. The number of fused-ring (bicyclic) bond motifs is 1. The van der Waals surface area contributed by atoms with E-state index in [-0.39, 0.29) is 5.91 Å². The van der Waals surface area contributed by atoms with Gasteiger partial charge in [-0.25, -0.2) is 0 Å². The number of benzene rings is 1. The summed E-state index contributed by atoms with van der Waals surface area (Å²) in [6, 6.07) is 6.95. The maximum atomic E-state index is 11.4. The molecule has 2 N–H and O–H groups in total. The van der Waals surface area contributed by atoms with E-state index in [0.717, 1.165) is 18.7 Å². The number of aryl methyl sites for hydroxylation is 1. The third-order valence-corrected chi connectivity index (χ3v) is 4.22. The molecule has 3 heteroatoms. The molecule has 0 saturated carbocycles. The monoisotopic (exact) mass is 288 g/mol. The van der Waals surface area contributed by atoms with Crippen molar-refractivity contribution in [3.8, 4) is 0 Å². The van der Waals surface area contributed by atoms with E-state index in [4.69, 9.17) is 0 Å². The van der Waals surface area contributed by atoms with Crippen molar-refractivity contribution in [1.29, 1.82) is 0 Å². The number of carbonyl (C=O) groups excluding carboxylic acids is 1. The van der Waals surface area contributed by atoms with Gasteiger partial charge >= 0.3 is 0 Å². The lowest BCUT2D eigenvalue weighted by Crippen LogP contribution is -2.23. The Balaban J connectivity index is 2.04. The number of nitrogens with one attached hydrogen (secondary N) is 2. The molecule has 1 aromatic rings. The Morgan fingerprint density at radius 2 is 2.05 bits per heavy atom.